The molecular formula is C8H14S. The van der Waals surface area contributed by atoms with Gasteiger partial charge in [-0.1, -0.05) is 19.1 Å². The topological polar surface area (TPSA) is 0 Å². The van der Waals surface area contributed by atoms with Crippen LogP contribution in [0.15, 0.2) is 12.2 Å². The van der Waals surface area contributed by atoms with Gasteiger partial charge >= 0.3 is 0 Å². The van der Waals surface area contributed by atoms with E-state index in [4.69, 9.17) is 0 Å². The third kappa shape index (κ3) is 1.75. The summed E-state index contributed by atoms with van der Waals surface area (Å²) in [6.45, 7) is 6.25. The first-order valence-corrected chi connectivity index (χ1v) is 4.07. The summed E-state index contributed by atoms with van der Waals surface area (Å²) >= 11 is 4.40. The predicted molar refractivity (Wildman–Crippen MR) is 44.9 cm³/mol. The molecule has 1 aliphatic rings. The minimum Gasteiger partial charge on any atom is -0.176 e. The number of thiol groups is 1. The maximum atomic E-state index is 4.40. The van der Waals surface area contributed by atoms with E-state index in [2.05, 4.69) is 26.1 Å². The molecule has 0 aromatic rings. The van der Waals surface area contributed by atoms with Crippen LogP contribution in [-0.2, 0) is 0 Å². The molecule has 0 heterocycles. The fourth-order valence-corrected chi connectivity index (χ4v) is 1.64. The summed E-state index contributed by atoms with van der Waals surface area (Å²) < 4.78 is 0. The molecule has 0 spiro atoms. The summed E-state index contributed by atoms with van der Waals surface area (Å²) in [6, 6.07) is 0. The van der Waals surface area contributed by atoms with Gasteiger partial charge in [-0.15, -0.1) is 0 Å². The van der Waals surface area contributed by atoms with Crippen LogP contribution in [0.1, 0.15) is 26.2 Å². The number of allylic oxidation sites excluding steroid dienone is 1. The zero-order valence-electron chi connectivity index (χ0n) is 5.93. The Bertz CT molecular complexity index is 118. The molecule has 1 saturated carbocycles. The van der Waals surface area contributed by atoms with E-state index in [9.17, 15) is 0 Å². The smallest absolute Gasteiger partial charge is 0.00541 e. The zero-order valence-corrected chi connectivity index (χ0v) is 6.82. The summed E-state index contributed by atoms with van der Waals surface area (Å²) in [4.78, 5) is 0. The quantitative estimate of drug-likeness (QED) is 0.390. The van der Waals surface area contributed by atoms with Crippen molar-refractivity contribution in [1.29, 1.82) is 0 Å². The van der Waals surface area contributed by atoms with Gasteiger partial charge in [-0.2, -0.15) is 12.6 Å². The third-order valence-corrected chi connectivity index (χ3v) is 2.57. The molecule has 0 amide bonds. The molecule has 0 aromatic heterocycles. The zero-order chi connectivity index (χ0) is 6.85. The van der Waals surface area contributed by atoms with Crippen LogP contribution < -0.4 is 0 Å². The Morgan fingerprint density at radius 2 is 2.22 bits per heavy atom. The van der Waals surface area contributed by atoms with Gasteiger partial charge in [-0.05, 0) is 25.2 Å². The molecule has 0 nitrogen and oxygen atoms in total. The van der Waals surface area contributed by atoms with Crippen molar-refractivity contribution in [2.24, 2.45) is 5.92 Å². The molecule has 1 fully saturated rings. The van der Waals surface area contributed by atoms with Gasteiger partial charge in [0.2, 0.25) is 0 Å². The van der Waals surface area contributed by atoms with E-state index < -0.39 is 0 Å². The second-order valence-electron chi connectivity index (χ2n) is 2.99. The molecule has 9 heavy (non-hydrogen) atoms. The van der Waals surface area contributed by atoms with Crippen LogP contribution in [0, 0.1) is 5.92 Å². The van der Waals surface area contributed by atoms with Crippen molar-refractivity contribution in [3.05, 3.63) is 12.2 Å². The second kappa shape index (κ2) is 2.78. The normalized spacial score (nSPS) is 36.9. The van der Waals surface area contributed by atoms with E-state index in [0.29, 0.717) is 5.25 Å². The first kappa shape index (κ1) is 7.20. The Morgan fingerprint density at radius 1 is 1.56 bits per heavy atom. The lowest BCUT2D eigenvalue weighted by molar-refractivity contribution is 0.496. The SMILES string of the molecule is C=C1CC(S)CCC1C. The molecule has 0 N–H and O–H groups in total. The van der Waals surface area contributed by atoms with Crippen LogP contribution >= 0.6 is 12.6 Å². The minimum atomic E-state index is 0.591. The molecule has 2 atom stereocenters. The van der Waals surface area contributed by atoms with Gasteiger partial charge in [0.15, 0.2) is 0 Å². The van der Waals surface area contributed by atoms with Crippen molar-refractivity contribution in [3.63, 3.8) is 0 Å². The Balaban J connectivity index is 2.44. The number of hydrogen-bond acceptors (Lipinski definition) is 1. The van der Waals surface area contributed by atoms with Gasteiger partial charge in [-0.3, -0.25) is 0 Å². The molecule has 0 aliphatic heterocycles. The van der Waals surface area contributed by atoms with Crippen LogP contribution in [-0.4, -0.2) is 5.25 Å². The monoisotopic (exact) mass is 142 g/mol. The van der Waals surface area contributed by atoms with E-state index in [1.807, 2.05) is 0 Å². The maximum absolute atomic E-state index is 4.40. The Hall–Kier alpha value is 0.0900. The van der Waals surface area contributed by atoms with E-state index in [-0.39, 0.29) is 0 Å². The average molecular weight is 142 g/mol. The fraction of sp³-hybridized carbons (Fsp3) is 0.750. The van der Waals surface area contributed by atoms with Gasteiger partial charge < -0.3 is 0 Å². The molecule has 1 heteroatoms. The number of rotatable bonds is 0. The molecule has 1 rings (SSSR count). The predicted octanol–water partition coefficient (Wildman–Crippen LogP) is 2.66. The van der Waals surface area contributed by atoms with Crippen molar-refractivity contribution in [3.8, 4) is 0 Å². The van der Waals surface area contributed by atoms with Crippen molar-refractivity contribution >= 4 is 12.6 Å². The largest absolute Gasteiger partial charge is 0.176 e. The van der Waals surface area contributed by atoms with Crippen LogP contribution in [0.4, 0.5) is 0 Å². The highest BCUT2D eigenvalue weighted by Gasteiger charge is 2.17. The van der Waals surface area contributed by atoms with Gasteiger partial charge in [0, 0.05) is 5.25 Å². The van der Waals surface area contributed by atoms with Crippen molar-refractivity contribution in [1.82, 2.24) is 0 Å². The van der Waals surface area contributed by atoms with Crippen LogP contribution in [0.2, 0.25) is 0 Å². The average Bonchev–Trinajstić information content (AvgIpc) is 1.80. The van der Waals surface area contributed by atoms with E-state index in [0.717, 1.165) is 12.3 Å². The summed E-state index contributed by atoms with van der Waals surface area (Å²) in [5.74, 6) is 0.744. The lowest BCUT2D eigenvalue weighted by atomic mass is 9.86. The lowest BCUT2D eigenvalue weighted by Crippen LogP contribution is -2.13. The first-order valence-electron chi connectivity index (χ1n) is 3.56. The lowest BCUT2D eigenvalue weighted by Gasteiger charge is -2.24. The standard InChI is InChI=1S/C8H14S/c1-6-3-4-8(9)5-7(6)2/h6,8-9H,2-5H2,1H3. The van der Waals surface area contributed by atoms with Crippen molar-refractivity contribution in [2.45, 2.75) is 31.4 Å². The molecule has 1 aliphatic carbocycles. The van der Waals surface area contributed by atoms with Crippen LogP contribution in [0.3, 0.4) is 0 Å². The van der Waals surface area contributed by atoms with E-state index in [1.54, 1.807) is 0 Å². The molecule has 0 radical (unpaired) electrons. The molecule has 0 saturated heterocycles. The highest BCUT2D eigenvalue weighted by atomic mass is 32.1. The third-order valence-electron chi connectivity index (χ3n) is 2.13. The second-order valence-corrected chi connectivity index (χ2v) is 3.72. The molecule has 52 valence electrons. The fourth-order valence-electron chi connectivity index (χ4n) is 1.25. The number of hydrogen-bond donors (Lipinski definition) is 1. The summed E-state index contributed by atoms with van der Waals surface area (Å²) in [5, 5.41) is 0.591. The summed E-state index contributed by atoms with van der Waals surface area (Å²) in [7, 11) is 0. The Morgan fingerprint density at radius 3 is 2.67 bits per heavy atom. The maximum Gasteiger partial charge on any atom is 0.00541 e. The highest BCUT2D eigenvalue weighted by molar-refractivity contribution is 7.80. The van der Waals surface area contributed by atoms with Gasteiger partial charge in [0.1, 0.15) is 0 Å². The molecular weight excluding hydrogens is 128 g/mol. The van der Waals surface area contributed by atoms with Gasteiger partial charge in [-0.25, -0.2) is 0 Å². The molecule has 0 aromatic carbocycles. The first-order chi connectivity index (χ1) is 4.20. The van der Waals surface area contributed by atoms with E-state index >= 15 is 0 Å². The summed E-state index contributed by atoms with van der Waals surface area (Å²) in [6.07, 6.45) is 3.68. The van der Waals surface area contributed by atoms with E-state index in [1.165, 1.54) is 18.4 Å². The molecule has 2 unspecified atom stereocenters. The van der Waals surface area contributed by atoms with Crippen LogP contribution in [0.5, 0.6) is 0 Å². The molecule has 0 bridgehead atoms. The van der Waals surface area contributed by atoms with Gasteiger partial charge in [0.25, 0.3) is 0 Å². The Labute approximate surface area is 62.8 Å². The highest BCUT2D eigenvalue weighted by Crippen LogP contribution is 2.30. The van der Waals surface area contributed by atoms with Crippen LogP contribution in [0.25, 0.3) is 0 Å². The minimum absolute atomic E-state index is 0.591. The summed E-state index contributed by atoms with van der Waals surface area (Å²) in [5.41, 5.74) is 1.39. The Kier molecular flexibility index (Phi) is 2.23. The van der Waals surface area contributed by atoms with Crippen molar-refractivity contribution < 1.29 is 0 Å². The van der Waals surface area contributed by atoms with Gasteiger partial charge in [0.05, 0.1) is 0 Å². The van der Waals surface area contributed by atoms with Crippen molar-refractivity contribution in [2.75, 3.05) is 0 Å².